The number of amides is 1. The highest BCUT2D eigenvalue weighted by atomic mass is 19.4. The van der Waals surface area contributed by atoms with Crippen molar-refractivity contribution in [2.45, 2.75) is 135 Å². The molecule has 0 fully saturated rings. The summed E-state index contributed by atoms with van der Waals surface area (Å²) in [6, 6.07) is -0.00786. The van der Waals surface area contributed by atoms with Crippen LogP contribution in [0.25, 0.3) is 0 Å². The topological polar surface area (TPSA) is 139 Å². The lowest BCUT2D eigenvalue weighted by molar-refractivity contribution is -0.148. The third-order valence-electron chi connectivity index (χ3n) is 8.32. The highest BCUT2D eigenvalue weighted by Gasteiger charge is 2.41. The molecule has 1 aliphatic rings. The lowest BCUT2D eigenvalue weighted by Crippen LogP contribution is -2.42. The number of rotatable bonds is 19. The molecule has 9 nitrogen and oxygen atoms in total. The van der Waals surface area contributed by atoms with Crippen molar-refractivity contribution in [1.29, 1.82) is 0 Å². The maximum atomic E-state index is 13.8. The molecule has 49 heavy (non-hydrogen) atoms. The number of fused-ring (bicyclic) bond motifs is 1. The van der Waals surface area contributed by atoms with Gasteiger partial charge in [0.1, 0.15) is 5.82 Å². The van der Waals surface area contributed by atoms with Crippen molar-refractivity contribution >= 4 is 17.8 Å². The number of benzene rings is 1. The number of nitrogens with zero attached hydrogens (tertiary/aromatic N) is 3. The largest absolute Gasteiger partial charge is 0.481 e. The SMILES string of the molecule is CCCCCCCCCCCCCCCC(=O)O.N[C@@H](CC(=O)N1CCn2c(C(F)(F)F)nc(C(=O)O)c2C1)Cc1cc(F)c(F)cc1F. The molecule has 1 aliphatic heterocycles. The molecule has 4 N–H and O–H groups in total. The Labute approximate surface area is 282 Å². The lowest BCUT2D eigenvalue weighted by Gasteiger charge is -2.30. The third kappa shape index (κ3) is 14.4. The summed E-state index contributed by atoms with van der Waals surface area (Å²) in [4.78, 5) is 38.4. The monoisotopic (exact) mass is 706 g/mol. The van der Waals surface area contributed by atoms with Crippen LogP contribution in [-0.2, 0) is 35.3 Å². The summed E-state index contributed by atoms with van der Waals surface area (Å²) >= 11 is 0. The zero-order valence-electron chi connectivity index (χ0n) is 28.0. The Morgan fingerprint density at radius 3 is 1.88 bits per heavy atom. The minimum absolute atomic E-state index is 0.156. The van der Waals surface area contributed by atoms with Crippen molar-refractivity contribution in [3.8, 4) is 0 Å². The number of hydrogen-bond donors (Lipinski definition) is 3. The Kier molecular flexibility index (Phi) is 17.6. The fourth-order valence-electron chi connectivity index (χ4n) is 5.69. The standard InChI is InChI=1S/C18H16F6N4O3.C16H32O2/c19-10-6-12(21)11(20)4-8(10)3-9(25)5-14(29)27-1-2-28-13(7-27)15(16(30)31)26-17(28)18(22,23)24;1-2-3-4-5-6-7-8-9-10-11-12-13-14-15-16(17)18/h4,6,9H,1-3,5,7,25H2,(H,30,31);2-15H2,1H3,(H,17,18)/t9-;/m1./s1. The van der Waals surface area contributed by atoms with Crippen molar-refractivity contribution in [2.24, 2.45) is 5.73 Å². The number of hydrogen-bond acceptors (Lipinski definition) is 5. The van der Waals surface area contributed by atoms with Crippen LogP contribution in [0.1, 0.15) is 131 Å². The fraction of sp³-hybridized carbons (Fsp3) is 0.647. The Bertz CT molecular complexity index is 1370. The van der Waals surface area contributed by atoms with E-state index in [1.807, 2.05) is 0 Å². The van der Waals surface area contributed by atoms with Crippen molar-refractivity contribution in [3.05, 3.63) is 52.4 Å². The first-order valence-electron chi connectivity index (χ1n) is 16.9. The quantitative estimate of drug-likeness (QED) is 0.0768. The number of aromatic nitrogens is 2. The van der Waals surface area contributed by atoms with Crippen LogP contribution in [0.4, 0.5) is 26.3 Å². The molecule has 0 unspecified atom stereocenters. The fourth-order valence-corrected chi connectivity index (χ4v) is 5.69. The highest BCUT2D eigenvalue weighted by molar-refractivity contribution is 5.87. The molecule has 2 heterocycles. The van der Waals surface area contributed by atoms with Crippen LogP contribution in [0.15, 0.2) is 12.1 Å². The Balaban J connectivity index is 0.000000397. The number of carboxylic acid groups (broad SMARTS) is 2. The van der Waals surface area contributed by atoms with Gasteiger partial charge in [0.2, 0.25) is 11.7 Å². The van der Waals surface area contributed by atoms with Gasteiger partial charge in [0.25, 0.3) is 0 Å². The molecular weight excluding hydrogens is 658 g/mol. The molecule has 0 aliphatic carbocycles. The molecule has 15 heteroatoms. The van der Waals surface area contributed by atoms with E-state index in [1.54, 1.807) is 0 Å². The molecule has 2 aromatic rings. The number of alkyl halides is 3. The second-order valence-electron chi connectivity index (χ2n) is 12.4. The number of imidazole rings is 1. The normalized spacial score (nSPS) is 13.4. The molecule has 0 radical (unpaired) electrons. The van der Waals surface area contributed by atoms with Crippen molar-refractivity contribution in [1.82, 2.24) is 14.5 Å². The number of carbonyl (C=O) groups is 3. The van der Waals surface area contributed by atoms with Crippen LogP contribution in [-0.4, -0.2) is 55.1 Å². The van der Waals surface area contributed by atoms with E-state index in [9.17, 15) is 40.7 Å². The van der Waals surface area contributed by atoms with Gasteiger partial charge in [0.15, 0.2) is 17.3 Å². The second kappa shape index (κ2) is 20.8. The summed E-state index contributed by atoms with van der Waals surface area (Å²) in [6.45, 7) is 1.34. The summed E-state index contributed by atoms with van der Waals surface area (Å²) in [6.07, 6.45) is 11.7. The van der Waals surface area contributed by atoms with Crippen molar-refractivity contribution in [2.75, 3.05) is 6.54 Å². The van der Waals surface area contributed by atoms with Crippen LogP contribution >= 0.6 is 0 Å². The zero-order valence-corrected chi connectivity index (χ0v) is 28.0. The molecule has 1 aromatic heterocycles. The molecule has 1 atom stereocenters. The van der Waals surface area contributed by atoms with Gasteiger partial charge in [-0.2, -0.15) is 13.2 Å². The molecule has 276 valence electrons. The summed E-state index contributed by atoms with van der Waals surface area (Å²) < 4.78 is 80.1. The summed E-state index contributed by atoms with van der Waals surface area (Å²) in [5, 5.41) is 17.7. The number of unbranched alkanes of at least 4 members (excludes halogenated alkanes) is 12. The molecular formula is C34H48F6N4O5. The molecule has 0 saturated heterocycles. The Hall–Kier alpha value is -3.62. The van der Waals surface area contributed by atoms with Crippen LogP contribution in [0, 0.1) is 17.5 Å². The van der Waals surface area contributed by atoms with Gasteiger partial charge in [0.05, 0.1) is 12.2 Å². The van der Waals surface area contributed by atoms with Gasteiger partial charge in [-0.05, 0) is 24.5 Å². The number of carboxylic acids is 2. The van der Waals surface area contributed by atoms with E-state index in [0.717, 1.165) is 17.7 Å². The van der Waals surface area contributed by atoms with Crippen LogP contribution < -0.4 is 5.73 Å². The Morgan fingerprint density at radius 2 is 1.37 bits per heavy atom. The van der Waals surface area contributed by atoms with Gasteiger partial charge in [0, 0.05) is 38.0 Å². The molecule has 0 bridgehead atoms. The van der Waals surface area contributed by atoms with Gasteiger partial charge in [-0.15, -0.1) is 0 Å². The molecule has 1 aromatic carbocycles. The van der Waals surface area contributed by atoms with Crippen LogP contribution in [0.3, 0.4) is 0 Å². The summed E-state index contributed by atoms with van der Waals surface area (Å²) in [5.41, 5.74) is 4.49. The van der Waals surface area contributed by atoms with Crippen molar-refractivity contribution < 1.29 is 50.9 Å². The van der Waals surface area contributed by atoms with Gasteiger partial charge < -0.3 is 25.4 Å². The van der Waals surface area contributed by atoms with Gasteiger partial charge in [-0.3, -0.25) is 9.59 Å². The third-order valence-corrected chi connectivity index (χ3v) is 8.32. The van der Waals surface area contributed by atoms with E-state index in [1.165, 1.54) is 70.6 Å². The number of halogens is 6. The maximum absolute atomic E-state index is 13.8. The first-order valence-corrected chi connectivity index (χ1v) is 16.9. The first kappa shape index (κ1) is 41.6. The molecule has 0 spiro atoms. The predicted octanol–water partition coefficient (Wildman–Crippen LogP) is 7.87. The minimum atomic E-state index is -4.87. The first-order chi connectivity index (χ1) is 23.1. The number of aliphatic carboxylic acids is 1. The number of nitrogens with two attached hydrogens (primary N) is 1. The Morgan fingerprint density at radius 1 is 0.837 bits per heavy atom. The van der Waals surface area contributed by atoms with E-state index in [0.29, 0.717) is 23.1 Å². The van der Waals surface area contributed by atoms with E-state index >= 15 is 0 Å². The van der Waals surface area contributed by atoms with Gasteiger partial charge in [-0.25, -0.2) is 22.9 Å². The number of aromatic carboxylic acids is 1. The molecule has 3 rings (SSSR count). The van der Waals surface area contributed by atoms with E-state index in [2.05, 4.69) is 11.9 Å². The second-order valence-corrected chi connectivity index (χ2v) is 12.4. The summed E-state index contributed by atoms with van der Waals surface area (Å²) in [5.74, 6) is -7.99. The van der Waals surface area contributed by atoms with Gasteiger partial charge in [-0.1, -0.05) is 84.0 Å². The average molecular weight is 707 g/mol. The zero-order chi connectivity index (χ0) is 36.6. The van der Waals surface area contributed by atoms with Gasteiger partial charge >= 0.3 is 18.1 Å². The van der Waals surface area contributed by atoms with E-state index < -0.39 is 65.6 Å². The average Bonchev–Trinajstić information content (AvgIpc) is 3.42. The summed E-state index contributed by atoms with van der Waals surface area (Å²) in [7, 11) is 0. The lowest BCUT2D eigenvalue weighted by atomic mass is 10.0. The minimum Gasteiger partial charge on any atom is -0.481 e. The predicted molar refractivity (Wildman–Crippen MR) is 170 cm³/mol. The van der Waals surface area contributed by atoms with E-state index in [-0.39, 0.29) is 37.2 Å². The number of carbonyl (C=O) groups excluding carboxylic acids is 1. The molecule has 1 amide bonds. The van der Waals surface area contributed by atoms with E-state index in [4.69, 9.17) is 15.9 Å². The smallest absolute Gasteiger partial charge is 0.449 e. The van der Waals surface area contributed by atoms with Crippen LogP contribution in [0.5, 0.6) is 0 Å². The highest BCUT2D eigenvalue weighted by Crippen LogP contribution is 2.32. The maximum Gasteiger partial charge on any atom is 0.449 e. The van der Waals surface area contributed by atoms with Crippen molar-refractivity contribution in [3.63, 3.8) is 0 Å². The molecule has 0 saturated carbocycles. The van der Waals surface area contributed by atoms with Crippen LogP contribution in [0.2, 0.25) is 0 Å².